The number of pyridine rings is 2. The van der Waals surface area contributed by atoms with Gasteiger partial charge in [-0.15, -0.1) is 0 Å². The molecule has 0 spiro atoms. The van der Waals surface area contributed by atoms with E-state index in [1.54, 1.807) is 12.4 Å². The number of nitrogen functional groups attached to an aromatic ring is 1. The molecule has 0 aromatic carbocycles. The van der Waals surface area contributed by atoms with Crippen molar-refractivity contribution >= 4 is 11.5 Å². The number of imidazole rings is 1. The molecule has 3 rings (SSSR count). The van der Waals surface area contributed by atoms with E-state index in [1.165, 1.54) is 0 Å². The van der Waals surface area contributed by atoms with Gasteiger partial charge < -0.3 is 5.73 Å². The standard InChI is InChI=1S/C12H10N4/c13-12-11(9-4-6-14-7-5-9)15-10-3-1-2-8-16(10)12/h1-8H,13H2. The van der Waals surface area contributed by atoms with E-state index in [0.717, 1.165) is 16.9 Å². The highest BCUT2D eigenvalue weighted by Crippen LogP contribution is 2.25. The van der Waals surface area contributed by atoms with E-state index < -0.39 is 0 Å². The fourth-order valence-corrected chi connectivity index (χ4v) is 1.74. The molecule has 0 amide bonds. The predicted molar refractivity (Wildman–Crippen MR) is 62.8 cm³/mol. The summed E-state index contributed by atoms with van der Waals surface area (Å²) in [5.41, 5.74) is 8.69. The highest BCUT2D eigenvalue weighted by atomic mass is 15.1. The summed E-state index contributed by atoms with van der Waals surface area (Å²) in [6.45, 7) is 0. The van der Waals surface area contributed by atoms with Gasteiger partial charge >= 0.3 is 0 Å². The summed E-state index contributed by atoms with van der Waals surface area (Å²) in [6.07, 6.45) is 5.37. The highest BCUT2D eigenvalue weighted by Gasteiger charge is 2.09. The van der Waals surface area contributed by atoms with Gasteiger partial charge in [-0.2, -0.15) is 0 Å². The molecule has 16 heavy (non-hydrogen) atoms. The first-order valence-corrected chi connectivity index (χ1v) is 4.99. The Kier molecular flexibility index (Phi) is 1.86. The van der Waals surface area contributed by atoms with Gasteiger partial charge in [0.1, 0.15) is 17.2 Å². The zero-order chi connectivity index (χ0) is 11.0. The number of rotatable bonds is 1. The van der Waals surface area contributed by atoms with Crippen LogP contribution < -0.4 is 5.73 Å². The average Bonchev–Trinajstić information content (AvgIpc) is 2.69. The molecule has 4 heteroatoms. The molecule has 78 valence electrons. The Bertz CT molecular complexity index is 628. The van der Waals surface area contributed by atoms with E-state index in [-0.39, 0.29) is 0 Å². The zero-order valence-corrected chi connectivity index (χ0v) is 8.54. The monoisotopic (exact) mass is 210 g/mol. The lowest BCUT2D eigenvalue weighted by Gasteiger charge is -1.97. The van der Waals surface area contributed by atoms with Crippen LogP contribution in [0.5, 0.6) is 0 Å². The molecule has 0 aliphatic carbocycles. The highest BCUT2D eigenvalue weighted by molar-refractivity contribution is 5.74. The third-order valence-electron chi connectivity index (χ3n) is 2.52. The number of fused-ring (bicyclic) bond motifs is 1. The molecule has 0 bridgehead atoms. The Morgan fingerprint density at radius 1 is 1.06 bits per heavy atom. The van der Waals surface area contributed by atoms with E-state index in [4.69, 9.17) is 5.73 Å². The van der Waals surface area contributed by atoms with Crippen LogP contribution in [0.2, 0.25) is 0 Å². The van der Waals surface area contributed by atoms with Gasteiger partial charge in [0.25, 0.3) is 0 Å². The van der Waals surface area contributed by atoms with Gasteiger partial charge in [0.05, 0.1) is 0 Å². The molecular weight excluding hydrogens is 200 g/mol. The molecular formula is C12H10N4. The van der Waals surface area contributed by atoms with Crippen molar-refractivity contribution in [2.45, 2.75) is 0 Å². The van der Waals surface area contributed by atoms with Crippen molar-refractivity contribution in [3.63, 3.8) is 0 Å². The minimum Gasteiger partial charge on any atom is -0.383 e. The van der Waals surface area contributed by atoms with Crippen molar-refractivity contribution < 1.29 is 0 Å². The Morgan fingerprint density at radius 2 is 1.88 bits per heavy atom. The Labute approximate surface area is 92.4 Å². The van der Waals surface area contributed by atoms with E-state index in [0.29, 0.717) is 5.82 Å². The number of nitrogens with zero attached hydrogens (tertiary/aromatic N) is 3. The van der Waals surface area contributed by atoms with Crippen LogP contribution in [-0.4, -0.2) is 14.4 Å². The molecule has 2 N–H and O–H groups in total. The second kappa shape index (κ2) is 3.34. The van der Waals surface area contributed by atoms with E-state index in [9.17, 15) is 0 Å². The molecule has 0 saturated heterocycles. The van der Waals surface area contributed by atoms with Gasteiger partial charge in [0, 0.05) is 24.2 Å². The molecule has 0 aliphatic heterocycles. The number of hydrogen-bond acceptors (Lipinski definition) is 3. The topological polar surface area (TPSA) is 56.2 Å². The second-order valence-electron chi connectivity index (χ2n) is 3.51. The molecule has 0 unspecified atom stereocenters. The fraction of sp³-hybridized carbons (Fsp3) is 0. The summed E-state index contributed by atoms with van der Waals surface area (Å²) >= 11 is 0. The molecule has 4 nitrogen and oxygen atoms in total. The summed E-state index contributed by atoms with van der Waals surface area (Å²) in [5, 5.41) is 0. The molecule has 0 fully saturated rings. The average molecular weight is 210 g/mol. The van der Waals surface area contributed by atoms with Gasteiger partial charge in [0.15, 0.2) is 0 Å². The number of nitrogens with two attached hydrogens (primary N) is 1. The maximum absolute atomic E-state index is 6.05. The van der Waals surface area contributed by atoms with Crippen LogP contribution in [-0.2, 0) is 0 Å². The van der Waals surface area contributed by atoms with E-state index >= 15 is 0 Å². The number of hydrogen-bond donors (Lipinski definition) is 1. The first-order valence-electron chi connectivity index (χ1n) is 4.99. The number of aromatic nitrogens is 3. The van der Waals surface area contributed by atoms with Crippen LogP contribution >= 0.6 is 0 Å². The summed E-state index contributed by atoms with van der Waals surface area (Å²) < 4.78 is 1.87. The molecule has 3 aromatic heterocycles. The Morgan fingerprint density at radius 3 is 2.62 bits per heavy atom. The van der Waals surface area contributed by atoms with Crippen LogP contribution in [0.1, 0.15) is 0 Å². The van der Waals surface area contributed by atoms with Crippen LogP contribution in [0.4, 0.5) is 5.82 Å². The van der Waals surface area contributed by atoms with Crippen molar-refractivity contribution in [1.29, 1.82) is 0 Å². The zero-order valence-electron chi connectivity index (χ0n) is 8.54. The van der Waals surface area contributed by atoms with Crippen LogP contribution in [0.15, 0.2) is 48.9 Å². The normalized spacial score (nSPS) is 10.8. The lowest BCUT2D eigenvalue weighted by molar-refractivity contribution is 1.20. The van der Waals surface area contributed by atoms with Gasteiger partial charge in [-0.25, -0.2) is 4.98 Å². The van der Waals surface area contributed by atoms with Crippen molar-refractivity contribution in [1.82, 2.24) is 14.4 Å². The molecule has 0 radical (unpaired) electrons. The minimum absolute atomic E-state index is 0.654. The Balaban J connectivity index is 2.29. The molecule has 3 heterocycles. The SMILES string of the molecule is Nc1c(-c2ccncc2)nc2ccccn12. The Hall–Kier alpha value is -2.36. The molecule has 0 aliphatic rings. The van der Waals surface area contributed by atoms with Crippen LogP contribution in [0.25, 0.3) is 16.9 Å². The van der Waals surface area contributed by atoms with Gasteiger partial charge in [0.2, 0.25) is 0 Å². The number of anilines is 1. The van der Waals surface area contributed by atoms with Crippen LogP contribution in [0, 0.1) is 0 Å². The largest absolute Gasteiger partial charge is 0.383 e. The molecule has 0 saturated carbocycles. The van der Waals surface area contributed by atoms with E-state index in [1.807, 2.05) is 40.9 Å². The van der Waals surface area contributed by atoms with Gasteiger partial charge in [-0.1, -0.05) is 6.07 Å². The van der Waals surface area contributed by atoms with Crippen molar-refractivity contribution in [3.8, 4) is 11.3 Å². The quantitative estimate of drug-likeness (QED) is 0.668. The third-order valence-corrected chi connectivity index (χ3v) is 2.52. The maximum atomic E-state index is 6.05. The summed E-state index contributed by atoms with van der Waals surface area (Å²) in [4.78, 5) is 8.47. The first kappa shape index (κ1) is 8.91. The summed E-state index contributed by atoms with van der Waals surface area (Å²) in [7, 11) is 0. The minimum atomic E-state index is 0.654. The third kappa shape index (κ3) is 1.24. The second-order valence-corrected chi connectivity index (χ2v) is 3.51. The first-order chi connectivity index (χ1) is 7.86. The van der Waals surface area contributed by atoms with Crippen LogP contribution in [0.3, 0.4) is 0 Å². The fourth-order valence-electron chi connectivity index (χ4n) is 1.74. The van der Waals surface area contributed by atoms with Crippen molar-refractivity contribution in [2.24, 2.45) is 0 Å². The lowest BCUT2D eigenvalue weighted by atomic mass is 10.2. The van der Waals surface area contributed by atoms with Crippen molar-refractivity contribution in [3.05, 3.63) is 48.9 Å². The van der Waals surface area contributed by atoms with E-state index in [2.05, 4.69) is 9.97 Å². The lowest BCUT2D eigenvalue weighted by Crippen LogP contribution is -1.93. The molecule has 3 aromatic rings. The summed E-state index contributed by atoms with van der Waals surface area (Å²) in [6, 6.07) is 9.61. The van der Waals surface area contributed by atoms with Gasteiger partial charge in [-0.3, -0.25) is 9.38 Å². The predicted octanol–water partition coefficient (Wildman–Crippen LogP) is 1.98. The van der Waals surface area contributed by atoms with Gasteiger partial charge in [-0.05, 0) is 24.3 Å². The molecule has 0 atom stereocenters. The van der Waals surface area contributed by atoms with Crippen molar-refractivity contribution in [2.75, 3.05) is 5.73 Å². The maximum Gasteiger partial charge on any atom is 0.139 e. The summed E-state index contributed by atoms with van der Waals surface area (Å²) in [5.74, 6) is 0.654. The smallest absolute Gasteiger partial charge is 0.139 e.